The second kappa shape index (κ2) is 7.25. The second-order valence-corrected chi connectivity index (χ2v) is 7.89. The summed E-state index contributed by atoms with van der Waals surface area (Å²) in [7, 11) is 1.61. The minimum atomic E-state index is -0.216. The van der Waals surface area contributed by atoms with Crippen LogP contribution in [0.4, 0.5) is 10.5 Å². The van der Waals surface area contributed by atoms with Crippen LogP contribution in [0.15, 0.2) is 36.0 Å². The van der Waals surface area contributed by atoms with Gasteiger partial charge in [-0.05, 0) is 62.3 Å². The fraction of sp³-hybridized carbons (Fsp3) is 0.524. The van der Waals surface area contributed by atoms with E-state index in [1.54, 1.807) is 7.11 Å². The number of carbonyl (C=O) groups is 2. The lowest BCUT2D eigenvalue weighted by atomic mass is 9.76. The number of anilines is 1. The lowest BCUT2D eigenvalue weighted by molar-refractivity contribution is -0.133. The van der Waals surface area contributed by atoms with Gasteiger partial charge in [-0.15, -0.1) is 0 Å². The molecule has 0 spiro atoms. The molecule has 1 aromatic carbocycles. The number of piperidine rings is 1. The van der Waals surface area contributed by atoms with Crippen LogP contribution >= 0.6 is 0 Å². The summed E-state index contributed by atoms with van der Waals surface area (Å²) in [5, 5.41) is 5.90. The van der Waals surface area contributed by atoms with E-state index in [2.05, 4.69) is 16.7 Å². The molecule has 6 heteroatoms. The highest BCUT2D eigenvalue weighted by Crippen LogP contribution is 2.48. The summed E-state index contributed by atoms with van der Waals surface area (Å²) in [5.41, 5.74) is 1.78. The van der Waals surface area contributed by atoms with Crippen molar-refractivity contribution in [3.8, 4) is 5.75 Å². The molecule has 3 aliphatic rings. The zero-order chi connectivity index (χ0) is 18.9. The van der Waals surface area contributed by atoms with Gasteiger partial charge in [-0.2, -0.15) is 0 Å². The summed E-state index contributed by atoms with van der Waals surface area (Å²) in [6, 6.07) is 7.04. The van der Waals surface area contributed by atoms with Crippen LogP contribution < -0.4 is 15.4 Å². The average Bonchev–Trinajstić information content (AvgIpc) is 3.40. The van der Waals surface area contributed by atoms with Crippen molar-refractivity contribution < 1.29 is 14.3 Å². The summed E-state index contributed by atoms with van der Waals surface area (Å²) in [5.74, 6) is 1.66. The average molecular weight is 369 g/mol. The van der Waals surface area contributed by atoms with E-state index in [4.69, 9.17) is 4.74 Å². The van der Waals surface area contributed by atoms with Crippen LogP contribution in [-0.4, -0.2) is 37.0 Å². The van der Waals surface area contributed by atoms with Gasteiger partial charge in [-0.1, -0.05) is 6.08 Å². The Balaban J connectivity index is 1.38. The zero-order valence-electron chi connectivity index (χ0n) is 15.8. The van der Waals surface area contributed by atoms with Gasteiger partial charge in [0, 0.05) is 36.3 Å². The first-order valence-corrected chi connectivity index (χ1v) is 9.79. The van der Waals surface area contributed by atoms with Gasteiger partial charge in [0.05, 0.1) is 7.11 Å². The van der Waals surface area contributed by atoms with Crippen LogP contribution in [-0.2, 0) is 4.79 Å². The summed E-state index contributed by atoms with van der Waals surface area (Å²) in [6.45, 7) is 1.42. The molecule has 4 rings (SSSR count). The van der Waals surface area contributed by atoms with E-state index in [0.717, 1.165) is 42.9 Å². The van der Waals surface area contributed by atoms with E-state index in [-0.39, 0.29) is 17.4 Å². The van der Waals surface area contributed by atoms with Crippen molar-refractivity contribution in [3.63, 3.8) is 0 Å². The van der Waals surface area contributed by atoms with Crippen molar-refractivity contribution in [3.05, 3.63) is 36.0 Å². The standard InChI is InChI=1S/C21H27N3O3/c1-27-17-8-6-16(7-9-17)23-20(26)22-14-21-11-2-3-18(21)24(13-15-4-5-15)19(25)10-12-21/h3,6-9,15H,2,4-5,10-14H2,1H3,(H2,22,23,26). The Bertz CT molecular complexity index is 754. The van der Waals surface area contributed by atoms with Crippen molar-refractivity contribution >= 4 is 17.6 Å². The van der Waals surface area contributed by atoms with Gasteiger partial charge in [-0.25, -0.2) is 4.79 Å². The first kappa shape index (κ1) is 17.9. The summed E-state index contributed by atoms with van der Waals surface area (Å²) in [6.07, 6.45) is 8.04. The molecule has 0 aromatic heterocycles. The Labute approximate surface area is 159 Å². The van der Waals surface area contributed by atoms with Gasteiger partial charge >= 0.3 is 6.03 Å². The third-order valence-electron chi connectivity index (χ3n) is 5.99. The molecule has 0 bridgehead atoms. The van der Waals surface area contributed by atoms with E-state index in [1.165, 1.54) is 12.8 Å². The van der Waals surface area contributed by atoms with E-state index in [1.807, 2.05) is 29.2 Å². The largest absolute Gasteiger partial charge is 0.497 e. The number of benzene rings is 1. The molecule has 1 atom stereocenters. The number of amides is 3. The number of nitrogens with zero attached hydrogens (tertiary/aromatic N) is 1. The molecule has 1 saturated carbocycles. The number of rotatable bonds is 6. The zero-order valence-corrected chi connectivity index (χ0v) is 15.8. The minimum Gasteiger partial charge on any atom is -0.497 e. The predicted octanol–water partition coefficient (Wildman–Crippen LogP) is 3.51. The van der Waals surface area contributed by atoms with Crippen LogP contribution in [0.2, 0.25) is 0 Å². The Kier molecular flexibility index (Phi) is 4.81. The molecule has 2 aliphatic carbocycles. The van der Waals surface area contributed by atoms with Gasteiger partial charge in [0.1, 0.15) is 5.75 Å². The highest BCUT2D eigenvalue weighted by atomic mass is 16.5. The van der Waals surface area contributed by atoms with Crippen molar-refractivity contribution in [2.24, 2.45) is 11.3 Å². The summed E-state index contributed by atoms with van der Waals surface area (Å²) >= 11 is 0. The number of fused-ring (bicyclic) bond motifs is 1. The van der Waals surface area contributed by atoms with Gasteiger partial charge in [0.25, 0.3) is 0 Å². The SMILES string of the molecule is COc1ccc(NC(=O)NCC23CCC=C2N(CC2CC2)C(=O)CC3)cc1. The Morgan fingerprint density at radius 3 is 2.74 bits per heavy atom. The molecule has 1 aromatic rings. The number of hydrogen-bond acceptors (Lipinski definition) is 3. The number of nitrogens with one attached hydrogen (secondary N) is 2. The van der Waals surface area contributed by atoms with Crippen LogP contribution in [0.3, 0.4) is 0 Å². The molecular formula is C21H27N3O3. The van der Waals surface area contributed by atoms with Crippen molar-refractivity contribution in [1.82, 2.24) is 10.2 Å². The number of hydrogen-bond donors (Lipinski definition) is 2. The summed E-state index contributed by atoms with van der Waals surface area (Å²) in [4.78, 5) is 26.8. The summed E-state index contributed by atoms with van der Waals surface area (Å²) < 4.78 is 5.13. The molecule has 6 nitrogen and oxygen atoms in total. The monoisotopic (exact) mass is 369 g/mol. The van der Waals surface area contributed by atoms with E-state index >= 15 is 0 Å². The van der Waals surface area contributed by atoms with Crippen molar-refractivity contribution in [2.75, 3.05) is 25.5 Å². The smallest absolute Gasteiger partial charge is 0.319 e. The predicted molar refractivity (Wildman–Crippen MR) is 103 cm³/mol. The van der Waals surface area contributed by atoms with Gasteiger partial charge in [0.2, 0.25) is 5.91 Å². The molecule has 27 heavy (non-hydrogen) atoms. The number of allylic oxidation sites excluding steroid dienone is 1. The first-order valence-electron chi connectivity index (χ1n) is 9.79. The number of carbonyl (C=O) groups excluding carboxylic acids is 2. The molecule has 1 unspecified atom stereocenters. The molecule has 144 valence electrons. The Hall–Kier alpha value is -2.50. The molecule has 1 heterocycles. The van der Waals surface area contributed by atoms with Gasteiger partial charge in [-0.3, -0.25) is 4.79 Å². The maximum atomic E-state index is 12.4. The molecule has 1 saturated heterocycles. The lowest BCUT2D eigenvalue weighted by Gasteiger charge is -2.42. The quantitative estimate of drug-likeness (QED) is 0.806. The van der Waals surface area contributed by atoms with Gasteiger partial charge in [0.15, 0.2) is 0 Å². The molecule has 0 radical (unpaired) electrons. The second-order valence-electron chi connectivity index (χ2n) is 7.89. The topological polar surface area (TPSA) is 70.7 Å². The molecule has 3 amide bonds. The maximum Gasteiger partial charge on any atom is 0.319 e. The number of methoxy groups -OCH3 is 1. The van der Waals surface area contributed by atoms with E-state index in [0.29, 0.717) is 18.9 Å². The Morgan fingerprint density at radius 2 is 2.04 bits per heavy atom. The van der Waals surface area contributed by atoms with Crippen molar-refractivity contribution in [1.29, 1.82) is 0 Å². The number of likely N-dealkylation sites (tertiary alicyclic amines) is 1. The normalized spacial score (nSPS) is 24.3. The third kappa shape index (κ3) is 3.80. The van der Waals surface area contributed by atoms with Crippen molar-refractivity contribution in [2.45, 2.75) is 38.5 Å². The van der Waals surface area contributed by atoms with E-state index < -0.39 is 0 Å². The lowest BCUT2D eigenvalue weighted by Crippen LogP contribution is -2.49. The first-order chi connectivity index (χ1) is 13.1. The highest BCUT2D eigenvalue weighted by molar-refractivity contribution is 5.89. The van der Waals surface area contributed by atoms with Gasteiger partial charge < -0.3 is 20.3 Å². The minimum absolute atomic E-state index is 0.0972. The number of ether oxygens (including phenoxy) is 1. The molecular weight excluding hydrogens is 342 g/mol. The highest BCUT2D eigenvalue weighted by Gasteiger charge is 2.46. The third-order valence-corrected chi connectivity index (χ3v) is 5.99. The van der Waals surface area contributed by atoms with Crippen LogP contribution in [0, 0.1) is 11.3 Å². The van der Waals surface area contributed by atoms with E-state index in [9.17, 15) is 9.59 Å². The van der Waals surface area contributed by atoms with Crippen LogP contribution in [0.5, 0.6) is 5.75 Å². The Morgan fingerprint density at radius 1 is 1.26 bits per heavy atom. The van der Waals surface area contributed by atoms with Crippen LogP contribution in [0.1, 0.15) is 38.5 Å². The number of urea groups is 1. The maximum absolute atomic E-state index is 12.4. The van der Waals surface area contributed by atoms with Crippen LogP contribution in [0.25, 0.3) is 0 Å². The fourth-order valence-corrected chi connectivity index (χ4v) is 4.22. The molecule has 1 aliphatic heterocycles. The molecule has 2 N–H and O–H groups in total. The molecule has 2 fully saturated rings. The fourth-order valence-electron chi connectivity index (χ4n) is 4.22.